The van der Waals surface area contributed by atoms with Crippen LogP contribution in [-0.2, 0) is 4.79 Å². The predicted molar refractivity (Wildman–Crippen MR) is 30.2 cm³/mol. The van der Waals surface area contributed by atoms with E-state index in [1.807, 2.05) is 6.92 Å². The summed E-state index contributed by atoms with van der Waals surface area (Å²) in [5.41, 5.74) is 0. The lowest BCUT2D eigenvalue weighted by Crippen LogP contribution is -2.04. The van der Waals surface area contributed by atoms with Crippen LogP contribution < -0.4 is 0 Å². The maximum absolute atomic E-state index is 9.93. The first-order chi connectivity index (χ1) is 3.18. The minimum Gasteiger partial charge on any atom is -0.482 e. The van der Waals surface area contributed by atoms with E-state index < -0.39 is 5.97 Å². The van der Waals surface area contributed by atoms with E-state index in [-0.39, 0.29) is 5.82 Å². The zero-order chi connectivity index (χ0) is 5.86. The second kappa shape index (κ2) is 2.67. The second-order valence-electron chi connectivity index (χ2n) is 1.65. The zero-order valence-electron chi connectivity index (χ0n) is 4.64. The van der Waals surface area contributed by atoms with Gasteiger partial charge in [0.1, 0.15) is 7.85 Å². The van der Waals surface area contributed by atoms with Crippen LogP contribution in [0.3, 0.4) is 0 Å². The monoisotopic (exact) mass is 100 g/mol. The molecule has 0 amide bonds. The Bertz CT molecular complexity index is 72.1. The molecule has 0 saturated heterocycles. The Kier molecular flexibility index (Phi) is 2.49. The first-order valence-corrected chi connectivity index (χ1v) is 2.41. The number of carboxylic acid groups (broad SMARTS) is 1. The van der Waals surface area contributed by atoms with Crippen LogP contribution in [0, 0.1) is 0 Å². The van der Waals surface area contributed by atoms with Crippen molar-refractivity contribution in [2.24, 2.45) is 0 Å². The van der Waals surface area contributed by atoms with Crippen molar-refractivity contribution in [1.82, 2.24) is 0 Å². The summed E-state index contributed by atoms with van der Waals surface area (Å²) >= 11 is 0. The average Bonchev–Trinajstić information content (AvgIpc) is 1.65. The maximum atomic E-state index is 9.93. The molecule has 2 nitrogen and oxygen atoms in total. The van der Waals surface area contributed by atoms with Gasteiger partial charge < -0.3 is 5.11 Å². The molecule has 0 aromatic heterocycles. The molecular formula is C4H9BO2. The summed E-state index contributed by atoms with van der Waals surface area (Å²) in [7, 11) is 1.70. The summed E-state index contributed by atoms with van der Waals surface area (Å²) in [4.78, 5) is 9.93. The van der Waals surface area contributed by atoms with Gasteiger partial charge in [-0.3, -0.25) is 4.79 Å². The van der Waals surface area contributed by atoms with Crippen LogP contribution in [0.4, 0.5) is 0 Å². The van der Waals surface area contributed by atoms with Crippen molar-refractivity contribution < 1.29 is 9.90 Å². The van der Waals surface area contributed by atoms with E-state index in [1.165, 1.54) is 0 Å². The molecule has 0 spiro atoms. The fourth-order valence-electron chi connectivity index (χ4n) is 0.175. The SMILES string of the molecule is BC(CC)C(=O)O. The molecule has 0 aliphatic carbocycles. The fraction of sp³-hybridized carbons (Fsp3) is 0.750. The third kappa shape index (κ3) is 2.26. The fourth-order valence-corrected chi connectivity index (χ4v) is 0.175. The van der Waals surface area contributed by atoms with Gasteiger partial charge in [-0.2, -0.15) is 0 Å². The second-order valence-corrected chi connectivity index (χ2v) is 1.65. The minimum atomic E-state index is -0.706. The van der Waals surface area contributed by atoms with Crippen LogP contribution in [0.2, 0.25) is 5.82 Å². The highest BCUT2D eigenvalue weighted by Gasteiger charge is 2.05. The predicted octanol–water partition coefficient (Wildman–Crippen LogP) is -0.0974. The van der Waals surface area contributed by atoms with Crippen molar-refractivity contribution in [3.8, 4) is 0 Å². The highest BCUT2D eigenvalue weighted by molar-refractivity contribution is 6.22. The topological polar surface area (TPSA) is 37.3 Å². The molecule has 0 aromatic rings. The van der Waals surface area contributed by atoms with Crippen LogP contribution in [0.15, 0.2) is 0 Å². The summed E-state index contributed by atoms with van der Waals surface area (Å²) in [6.07, 6.45) is 0.718. The van der Waals surface area contributed by atoms with Crippen LogP contribution in [-0.4, -0.2) is 18.9 Å². The van der Waals surface area contributed by atoms with Crippen molar-refractivity contribution >= 4 is 13.8 Å². The van der Waals surface area contributed by atoms with Crippen molar-refractivity contribution in [1.29, 1.82) is 0 Å². The van der Waals surface area contributed by atoms with Crippen molar-refractivity contribution in [2.45, 2.75) is 19.2 Å². The first-order valence-electron chi connectivity index (χ1n) is 2.41. The summed E-state index contributed by atoms with van der Waals surface area (Å²) in [5, 5.41) is 8.18. The molecule has 0 fully saturated rings. The molecule has 0 saturated carbocycles. The highest BCUT2D eigenvalue weighted by atomic mass is 16.4. The first kappa shape index (κ1) is 6.53. The van der Waals surface area contributed by atoms with E-state index in [1.54, 1.807) is 7.85 Å². The minimum absolute atomic E-state index is 0.181. The lowest BCUT2D eigenvalue weighted by molar-refractivity contribution is -0.136. The van der Waals surface area contributed by atoms with Crippen molar-refractivity contribution in [3.63, 3.8) is 0 Å². The van der Waals surface area contributed by atoms with Gasteiger partial charge in [-0.05, 0) is 0 Å². The molecule has 1 N–H and O–H groups in total. The molecule has 0 aromatic carbocycles. The lowest BCUT2D eigenvalue weighted by atomic mass is 9.85. The van der Waals surface area contributed by atoms with Gasteiger partial charge >= 0.3 is 0 Å². The molecule has 0 heterocycles. The number of carboxylic acids is 1. The maximum Gasteiger partial charge on any atom is 0.298 e. The molecule has 0 rings (SSSR count). The van der Waals surface area contributed by atoms with Gasteiger partial charge in [0.05, 0.1) is 0 Å². The molecule has 1 atom stereocenters. The van der Waals surface area contributed by atoms with Crippen LogP contribution >= 0.6 is 0 Å². The summed E-state index contributed by atoms with van der Waals surface area (Å²) < 4.78 is 0. The number of hydrogen-bond acceptors (Lipinski definition) is 1. The third-order valence-electron chi connectivity index (χ3n) is 1.03. The molecule has 0 radical (unpaired) electrons. The van der Waals surface area contributed by atoms with Gasteiger partial charge in [0.25, 0.3) is 5.97 Å². The number of rotatable bonds is 2. The Morgan fingerprint density at radius 2 is 2.43 bits per heavy atom. The Morgan fingerprint density at radius 3 is 2.43 bits per heavy atom. The molecule has 0 aliphatic rings. The van der Waals surface area contributed by atoms with Gasteiger partial charge in [0.15, 0.2) is 0 Å². The molecule has 0 aliphatic heterocycles. The van der Waals surface area contributed by atoms with Crippen LogP contribution in [0.25, 0.3) is 0 Å². The Morgan fingerprint density at radius 1 is 2.00 bits per heavy atom. The standard InChI is InChI=1S/C4H9BO2/c1-2-3(5)4(6)7/h3H,2,5H2,1H3,(H,6,7). The Hall–Kier alpha value is -0.465. The smallest absolute Gasteiger partial charge is 0.298 e. The molecule has 3 heteroatoms. The van der Waals surface area contributed by atoms with Crippen molar-refractivity contribution in [3.05, 3.63) is 0 Å². The Labute approximate surface area is 43.9 Å². The van der Waals surface area contributed by atoms with E-state index >= 15 is 0 Å². The van der Waals surface area contributed by atoms with E-state index in [0.717, 1.165) is 6.42 Å². The largest absolute Gasteiger partial charge is 0.482 e. The summed E-state index contributed by atoms with van der Waals surface area (Å²) in [6.45, 7) is 1.86. The highest BCUT2D eigenvalue weighted by Crippen LogP contribution is 2.01. The normalized spacial score (nSPS) is 13.3. The lowest BCUT2D eigenvalue weighted by Gasteiger charge is -1.96. The third-order valence-corrected chi connectivity index (χ3v) is 1.03. The van der Waals surface area contributed by atoms with Gasteiger partial charge in [-0.15, -0.1) is 0 Å². The van der Waals surface area contributed by atoms with E-state index in [4.69, 9.17) is 5.11 Å². The average molecular weight is 99.9 g/mol. The Balaban J connectivity index is 3.34. The van der Waals surface area contributed by atoms with E-state index in [2.05, 4.69) is 0 Å². The summed E-state index contributed by atoms with van der Waals surface area (Å²) in [6, 6.07) is 0. The van der Waals surface area contributed by atoms with E-state index in [0.29, 0.717) is 0 Å². The summed E-state index contributed by atoms with van der Waals surface area (Å²) in [5.74, 6) is -0.887. The van der Waals surface area contributed by atoms with Gasteiger partial charge in [0.2, 0.25) is 0 Å². The number of aliphatic carboxylic acids is 1. The van der Waals surface area contributed by atoms with Gasteiger partial charge in [-0.25, -0.2) is 0 Å². The molecule has 1 unspecified atom stereocenters. The molecule has 40 valence electrons. The van der Waals surface area contributed by atoms with E-state index in [9.17, 15) is 4.79 Å². The zero-order valence-corrected chi connectivity index (χ0v) is 4.64. The van der Waals surface area contributed by atoms with Crippen LogP contribution in [0.5, 0.6) is 0 Å². The molecular weight excluding hydrogens is 90.9 g/mol. The van der Waals surface area contributed by atoms with Crippen LogP contribution in [0.1, 0.15) is 13.3 Å². The van der Waals surface area contributed by atoms with Gasteiger partial charge in [0, 0.05) is 5.82 Å². The molecule has 7 heavy (non-hydrogen) atoms. The quantitative estimate of drug-likeness (QED) is 0.492. The van der Waals surface area contributed by atoms with Crippen molar-refractivity contribution in [2.75, 3.05) is 0 Å². The molecule has 0 bridgehead atoms. The number of hydrogen-bond donors (Lipinski definition) is 1. The van der Waals surface area contributed by atoms with Gasteiger partial charge in [-0.1, -0.05) is 13.3 Å². The number of carbonyl (C=O) groups is 1.